The fraction of sp³-hybridized carbons (Fsp3) is 0.667. The first kappa shape index (κ1) is 9.67. The van der Waals surface area contributed by atoms with E-state index in [0.29, 0.717) is 6.04 Å². The normalized spacial score (nSPS) is 28.7. The summed E-state index contributed by atoms with van der Waals surface area (Å²) in [6.07, 6.45) is 6.25. The third-order valence-corrected chi connectivity index (χ3v) is 4.33. The predicted molar refractivity (Wildman–Crippen MR) is 63.5 cm³/mol. The van der Waals surface area contributed by atoms with Gasteiger partial charge in [-0.2, -0.15) is 11.3 Å². The molecule has 2 nitrogen and oxygen atoms in total. The Bertz CT molecular complexity index is 318. The largest absolute Gasteiger partial charge is 0.381 e. The first-order valence-corrected chi connectivity index (χ1v) is 6.73. The van der Waals surface area contributed by atoms with Crippen molar-refractivity contribution in [2.45, 2.75) is 43.7 Å². The summed E-state index contributed by atoms with van der Waals surface area (Å²) in [6, 6.07) is 2.78. The van der Waals surface area contributed by atoms with Crippen LogP contribution in [0.1, 0.15) is 32.1 Å². The van der Waals surface area contributed by atoms with Gasteiger partial charge in [0.2, 0.25) is 0 Å². The Labute approximate surface area is 94.6 Å². The van der Waals surface area contributed by atoms with Crippen molar-refractivity contribution in [1.82, 2.24) is 0 Å². The van der Waals surface area contributed by atoms with Crippen LogP contribution in [0.3, 0.4) is 0 Å². The second-order valence-corrected chi connectivity index (χ2v) is 5.51. The number of hydrogen-bond donors (Lipinski definition) is 1. The topological polar surface area (TPSA) is 21.3 Å². The van der Waals surface area contributed by atoms with Gasteiger partial charge in [-0.05, 0) is 43.6 Å². The van der Waals surface area contributed by atoms with E-state index in [0.717, 1.165) is 13.0 Å². The van der Waals surface area contributed by atoms with Crippen LogP contribution in [0.15, 0.2) is 16.8 Å². The molecule has 0 aromatic carbocycles. The average molecular weight is 223 g/mol. The van der Waals surface area contributed by atoms with Crippen molar-refractivity contribution in [3.63, 3.8) is 0 Å². The molecule has 0 amide bonds. The molecule has 1 unspecified atom stereocenters. The van der Waals surface area contributed by atoms with Crippen molar-refractivity contribution < 1.29 is 4.74 Å². The van der Waals surface area contributed by atoms with Gasteiger partial charge in [0.25, 0.3) is 0 Å². The average Bonchev–Trinajstić information content (AvgIpc) is 2.69. The molecule has 2 heterocycles. The van der Waals surface area contributed by atoms with Crippen molar-refractivity contribution >= 4 is 17.0 Å². The Morgan fingerprint density at radius 1 is 1.47 bits per heavy atom. The number of rotatable bonds is 2. The van der Waals surface area contributed by atoms with Gasteiger partial charge in [0.15, 0.2) is 0 Å². The minimum Gasteiger partial charge on any atom is -0.381 e. The summed E-state index contributed by atoms with van der Waals surface area (Å²) in [4.78, 5) is 0. The van der Waals surface area contributed by atoms with E-state index < -0.39 is 0 Å². The molecule has 0 bridgehead atoms. The highest BCUT2D eigenvalue weighted by Crippen LogP contribution is 2.42. The van der Waals surface area contributed by atoms with Gasteiger partial charge in [0.05, 0.1) is 5.60 Å². The fourth-order valence-electron chi connectivity index (χ4n) is 2.65. The Morgan fingerprint density at radius 2 is 2.40 bits per heavy atom. The number of nitrogens with one attached hydrogen (secondary N) is 1. The summed E-state index contributed by atoms with van der Waals surface area (Å²) in [7, 11) is 0. The summed E-state index contributed by atoms with van der Waals surface area (Å²) in [6.45, 7) is 0.932. The van der Waals surface area contributed by atoms with Gasteiger partial charge in [-0.1, -0.05) is 0 Å². The molecule has 2 aliphatic rings. The number of thiophene rings is 1. The van der Waals surface area contributed by atoms with E-state index in [-0.39, 0.29) is 5.60 Å². The maximum Gasteiger partial charge on any atom is 0.0702 e. The molecule has 1 atom stereocenters. The van der Waals surface area contributed by atoms with Crippen LogP contribution in [0, 0.1) is 0 Å². The summed E-state index contributed by atoms with van der Waals surface area (Å²) in [5, 5.41) is 7.92. The number of anilines is 1. The molecule has 0 radical (unpaired) electrons. The van der Waals surface area contributed by atoms with Gasteiger partial charge in [-0.3, -0.25) is 0 Å². The zero-order chi connectivity index (χ0) is 10.1. The monoisotopic (exact) mass is 223 g/mol. The highest BCUT2D eigenvalue weighted by molar-refractivity contribution is 7.08. The van der Waals surface area contributed by atoms with Crippen LogP contribution < -0.4 is 5.32 Å². The highest BCUT2D eigenvalue weighted by Gasteiger charge is 2.42. The standard InChI is InChI=1S/C12H17NOS/c1-4-12(5-1)8-10(2-6-14-12)13-11-3-7-15-9-11/h3,7,9-10,13H,1-2,4-6,8H2. The van der Waals surface area contributed by atoms with Gasteiger partial charge in [0.1, 0.15) is 0 Å². The third kappa shape index (κ3) is 1.91. The molecule has 3 rings (SSSR count). The van der Waals surface area contributed by atoms with E-state index in [4.69, 9.17) is 4.74 Å². The van der Waals surface area contributed by atoms with Crippen molar-refractivity contribution in [3.05, 3.63) is 16.8 Å². The molecule has 1 aromatic heterocycles. The molecule has 82 valence electrons. The Balaban J connectivity index is 1.62. The molecule has 1 saturated heterocycles. The van der Waals surface area contributed by atoms with Crippen molar-refractivity contribution in [2.75, 3.05) is 11.9 Å². The van der Waals surface area contributed by atoms with Crippen LogP contribution in [-0.4, -0.2) is 18.2 Å². The van der Waals surface area contributed by atoms with Gasteiger partial charge in [-0.25, -0.2) is 0 Å². The molecule has 1 aliphatic heterocycles. The Hall–Kier alpha value is -0.540. The van der Waals surface area contributed by atoms with Crippen LogP contribution in [0.2, 0.25) is 0 Å². The van der Waals surface area contributed by atoms with Crippen LogP contribution in [-0.2, 0) is 4.74 Å². The molecule has 1 spiro atoms. The number of ether oxygens (including phenoxy) is 1. The summed E-state index contributed by atoms with van der Waals surface area (Å²) in [5.41, 5.74) is 1.53. The van der Waals surface area contributed by atoms with E-state index in [1.807, 2.05) is 0 Å². The van der Waals surface area contributed by atoms with E-state index in [1.165, 1.54) is 31.4 Å². The molecule has 1 saturated carbocycles. The number of hydrogen-bond acceptors (Lipinski definition) is 3. The zero-order valence-electron chi connectivity index (χ0n) is 8.87. The van der Waals surface area contributed by atoms with E-state index >= 15 is 0 Å². The van der Waals surface area contributed by atoms with Crippen molar-refractivity contribution in [1.29, 1.82) is 0 Å². The van der Waals surface area contributed by atoms with E-state index in [1.54, 1.807) is 11.3 Å². The first-order valence-electron chi connectivity index (χ1n) is 5.79. The van der Waals surface area contributed by atoms with Crippen LogP contribution in [0.4, 0.5) is 5.69 Å². The molecule has 15 heavy (non-hydrogen) atoms. The quantitative estimate of drug-likeness (QED) is 0.831. The zero-order valence-corrected chi connectivity index (χ0v) is 9.69. The van der Waals surface area contributed by atoms with Crippen LogP contribution in [0.5, 0.6) is 0 Å². The Morgan fingerprint density at radius 3 is 3.07 bits per heavy atom. The first-order chi connectivity index (χ1) is 7.36. The molecule has 2 fully saturated rings. The summed E-state index contributed by atoms with van der Waals surface area (Å²) < 4.78 is 5.91. The van der Waals surface area contributed by atoms with Gasteiger partial charge in [-0.15, -0.1) is 0 Å². The molecular weight excluding hydrogens is 206 g/mol. The molecule has 1 aliphatic carbocycles. The van der Waals surface area contributed by atoms with E-state index in [9.17, 15) is 0 Å². The molecule has 3 heteroatoms. The predicted octanol–water partition coefficient (Wildman–Crippen LogP) is 3.26. The summed E-state index contributed by atoms with van der Waals surface area (Å²) >= 11 is 1.75. The maximum atomic E-state index is 5.91. The lowest BCUT2D eigenvalue weighted by molar-refractivity contribution is -0.130. The summed E-state index contributed by atoms with van der Waals surface area (Å²) in [5.74, 6) is 0. The third-order valence-electron chi connectivity index (χ3n) is 3.65. The van der Waals surface area contributed by atoms with Gasteiger partial charge >= 0.3 is 0 Å². The highest BCUT2D eigenvalue weighted by atomic mass is 32.1. The van der Waals surface area contributed by atoms with Gasteiger partial charge in [0, 0.05) is 23.7 Å². The minimum absolute atomic E-state index is 0.256. The smallest absolute Gasteiger partial charge is 0.0702 e. The SMILES string of the molecule is c1cc(NC2CCOC3(CCC3)C2)cs1. The maximum absolute atomic E-state index is 5.91. The van der Waals surface area contributed by atoms with Crippen molar-refractivity contribution in [2.24, 2.45) is 0 Å². The molecule has 1 N–H and O–H groups in total. The van der Waals surface area contributed by atoms with Crippen LogP contribution >= 0.6 is 11.3 Å². The van der Waals surface area contributed by atoms with Gasteiger partial charge < -0.3 is 10.1 Å². The van der Waals surface area contributed by atoms with Crippen molar-refractivity contribution in [3.8, 4) is 0 Å². The molecule has 1 aromatic rings. The second kappa shape index (κ2) is 3.80. The van der Waals surface area contributed by atoms with Crippen LogP contribution in [0.25, 0.3) is 0 Å². The second-order valence-electron chi connectivity index (χ2n) is 4.73. The lowest BCUT2D eigenvalue weighted by Crippen LogP contribution is -2.48. The Kier molecular flexibility index (Phi) is 2.45. The fourth-order valence-corrected chi connectivity index (χ4v) is 3.25. The minimum atomic E-state index is 0.256. The van der Waals surface area contributed by atoms with E-state index in [2.05, 4.69) is 22.1 Å². The lowest BCUT2D eigenvalue weighted by atomic mass is 9.74. The molecular formula is C12H17NOS. The lowest BCUT2D eigenvalue weighted by Gasteiger charge is -2.47.